The molecule has 0 spiro atoms. The average Bonchev–Trinajstić information content (AvgIpc) is 2.55. The van der Waals surface area contributed by atoms with Crippen molar-refractivity contribution in [2.75, 3.05) is 36.0 Å². The van der Waals surface area contributed by atoms with E-state index in [1.807, 2.05) is 11.0 Å². The molecule has 0 unspecified atom stereocenters. The Morgan fingerprint density at radius 2 is 1.74 bits per heavy atom. The quantitative estimate of drug-likeness (QED) is 0.623. The molecule has 0 atom stereocenters. The zero-order valence-corrected chi connectivity index (χ0v) is 13.7. The molecule has 0 bridgehead atoms. The third-order valence-electron chi connectivity index (χ3n) is 3.79. The molecule has 1 saturated heterocycles. The number of nitrogens with zero attached hydrogens (tertiary/aromatic N) is 4. The van der Waals surface area contributed by atoms with Crippen molar-refractivity contribution in [2.45, 2.75) is 0 Å². The normalized spacial score (nSPS) is 14.9. The molecule has 0 N–H and O–H groups in total. The Bertz CT molecular complexity index is 733. The van der Waals surface area contributed by atoms with Crippen molar-refractivity contribution in [1.29, 1.82) is 0 Å². The summed E-state index contributed by atoms with van der Waals surface area (Å²) in [5, 5.41) is 12.2. The minimum absolute atomic E-state index is 0.128. The van der Waals surface area contributed by atoms with Gasteiger partial charge in [0, 0.05) is 38.4 Å². The molecule has 0 aliphatic carbocycles. The molecule has 1 aromatic carbocycles. The molecule has 1 aromatic heterocycles. The molecule has 1 aliphatic heterocycles. The van der Waals surface area contributed by atoms with Gasteiger partial charge in [-0.2, -0.15) is 0 Å². The summed E-state index contributed by atoms with van der Waals surface area (Å²) in [4.78, 5) is 19.2. The number of para-hydroxylation sites is 2. The maximum Gasteiger partial charge on any atom is 0.292 e. The molecular weight excluding hydrogens is 339 g/mol. The summed E-state index contributed by atoms with van der Waals surface area (Å²) in [6.07, 6.45) is 1.57. The van der Waals surface area contributed by atoms with E-state index in [0.717, 1.165) is 0 Å². The average molecular weight is 353 g/mol. The summed E-state index contributed by atoms with van der Waals surface area (Å²) < 4.78 is 0. The molecule has 23 heavy (non-hydrogen) atoms. The second kappa shape index (κ2) is 6.60. The number of rotatable bonds is 3. The van der Waals surface area contributed by atoms with E-state index in [1.165, 1.54) is 6.07 Å². The zero-order valence-electron chi connectivity index (χ0n) is 12.2. The Balaban J connectivity index is 1.75. The lowest BCUT2D eigenvalue weighted by Crippen LogP contribution is -2.47. The van der Waals surface area contributed by atoms with E-state index in [-0.39, 0.29) is 10.6 Å². The molecule has 0 saturated carbocycles. The lowest BCUT2D eigenvalue weighted by molar-refractivity contribution is -0.384. The highest BCUT2D eigenvalue weighted by Crippen LogP contribution is 2.31. The maximum absolute atomic E-state index is 11.2. The summed E-state index contributed by atoms with van der Waals surface area (Å²) in [6, 6.07) is 8.46. The third kappa shape index (κ3) is 3.33. The van der Waals surface area contributed by atoms with Crippen LogP contribution in [0.15, 0.2) is 36.5 Å². The van der Waals surface area contributed by atoms with Crippen molar-refractivity contribution in [3.05, 3.63) is 56.7 Å². The van der Waals surface area contributed by atoms with Crippen LogP contribution in [0.5, 0.6) is 0 Å². The van der Waals surface area contributed by atoms with Crippen LogP contribution in [0.4, 0.5) is 17.2 Å². The van der Waals surface area contributed by atoms with Crippen LogP contribution < -0.4 is 9.80 Å². The van der Waals surface area contributed by atoms with Crippen molar-refractivity contribution >= 4 is 40.4 Å². The van der Waals surface area contributed by atoms with Gasteiger partial charge in [-0.1, -0.05) is 35.3 Å². The Morgan fingerprint density at radius 3 is 2.39 bits per heavy atom. The first-order valence-electron chi connectivity index (χ1n) is 7.10. The van der Waals surface area contributed by atoms with Crippen LogP contribution in [0.1, 0.15) is 0 Å². The van der Waals surface area contributed by atoms with Gasteiger partial charge >= 0.3 is 0 Å². The van der Waals surface area contributed by atoms with Crippen LogP contribution in [-0.2, 0) is 0 Å². The number of nitro benzene ring substituents is 1. The van der Waals surface area contributed by atoms with Gasteiger partial charge in [0.05, 0.1) is 15.0 Å². The van der Waals surface area contributed by atoms with E-state index < -0.39 is 0 Å². The van der Waals surface area contributed by atoms with Gasteiger partial charge in [-0.15, -0.1) is 0 Å². The van der Waals surface area contributed by atoms with Gasteiger partial charge in [-0.05, 0) is 12.1 Å². The number of aromatic nitrogens is 1. The molecule has 2 aromatic rings. The monoisotopic (exact) mass is 352 g/mol. The Morgan fingerprint density at radius 1 is 1.09 bits per heavy atom. The van der Waals surface area contributed by atoms with Crippen LogP contribution in [0.2, 0.25) is 10.0 Å². The molecule has 6 nitrogen and oxygen atoms in total. The largest absolute Gasteiger partial charge is 0.362 e. The molecule has 2 heterocycles. The van der Waals surface area contributed by atoms with E-state index >= 15 is 0 Å². The third-order valence-corrected chi connectivity index (χ3v) is 4.27. The van der Waals surface area contributed by atoms with Gasteiger partial charge in [-0.25, -0.2) is 4.98 Å². The first-order valence-corrected chi connectivity index (χ1v) is 7.86. The molecule has 120 valence electrons. The van der Waals surface area contributed by atoms with Gasteiger partial charge < -0.3 is 9.80 Å². The van der Waals surface area contributed by atoms with Crippen molar-refractivity contribution in [2.24, 2.45) is 0 Å². The molecule has 0 radical (unpaired) electrons. The van der Waals surface area contributed by atoms with Gasteiger partial charge in [-0.3, -0.25) is 10.1 Å². The number of hydrogen-bond donors (Lipinski definition) is 0. The van der Waals surface area contributed by atoms with E-state index in [2.05, 4.69) is 9.88 Å². The summed E-state index contributed by atoms with van der Waals surface area (Å²) in [6.45, 7) is 2.68. The highest BCUT2D eigenvalue weighted by atomic mass is 35.5. The smallest absolute Gasteiger partial charge is 0.292 e. The molecule has 0 amide bonds. The second-order valence-corrected chi connectivity index (χ2v) is 6.02. The van der Waals surface area contributed by atoms with Crippen LogP contribution >= 0.6 is 23.2 Å². The number of benzene rings is 1. The second-order valence-electron chi connectivity index (χ2n) is 5.18. The van der Waals surface area contributed by atoms with Gasteiger partial charge in [0.2, 0.25) is 0 Å². The standard InChI is InChI=1S/C15H14Cl2N4O2/c16-11-9-12(17)15(18-10-11)20-7-5-19(6-8-20)13-3-1-2-4-14(13)21(22)23/h1-4,9-10H,5-8H2. The van der Waals surface area contributed by atoms with E-state index in [4.69, 9.17) is 23.2 Å². The fourth-order valence-electron chi connectivity index (χ4n) is 2.69. The van der Waals surface area contributed by atoms with Gasteiger partial charge in [0.25, 0.3) is 5.69 Å². The van der Waals surface area contributed by atoms with E-state index in [9.17, 15) is 10.1 Å². The van der Waals surface area contributed by atoms with Gasteiger partial charge in [0.1, 0.15) is 11.5 Å². The SMILES string of the molecule is O=[N+]([O-])c1ccccc1N1CCN(c2ncc(Cl)cc2Cl)CC1. The topological polar surface area (TPSA) is 62.5 Å². The fraction of sp³-hybridized carbons (Fsp3) is 0.267. The first kappa shape index (κ1) is 15.8. The minimum Gasteiger partial charge on any atom is -0.362 e. The Labute approximate surface area is 143 Å². The van der Waals surface area contributed by atoms with Crippen molar-refractivity contribution in [1.82, 2.24) is 4.98 Å². The number of pyridine rings is 1. The molecular formula is C15H14Cl2N4O2. The zero-order chi connectivity index (χ0) is 16.4. The van der Waals surface area contributed by atoms with Crippen LogP contribution in [-0.4, -0.2) is 36.1 Å². The lowest BCUT2D eigenvalue weighted by atomic mass is 10.2. The molecule has 1 fully saturated rings. The lowest BCUT2D eigenvalue weighted by Gasteiger charge is -2.36. The Hall–Kier alpha value is -2.05. The highest BCUT2D eigenvalue weighted by molar-refractivity contribution is 6.36. The summed E-state index contributed by atoms with van der Waals surface area (Å²) in [5.74, 6) is 0.693. The molecule has 8 heteroatoms. The number of hydrogen-bond acceptors (Lipinski definition) is 5. The Kier molecular flexibility index (Phi) is 4.54. The van der Waals surface area contributed by atoms with E-state index in [0.29, 0.717) is 47.7 Å². The number of halogens is 2. The van der Waals surface area contributed by atoms with Crippen molar-refractivity contribution in [3.8, 4) is 0 Å². The number of nitro groups is 1. The summed E-state index contributed by atoms with van der Waals surface area (Å²) >= 11 is 12.1. The fourth-order valence-corrected chi connectivity index (χ4v) is 3.18. The van der Waals surface area contributed by atoms with Crippen LogP contribution in [0, 0.1) is 10.1 Å². The van der Waals surface area contributed by atoms with Crippen molar-refractivity contribution in [3.63, 3.8) is 0 Å². The predicted molar refractivity (Wildman–Crippen MR) is 91.8 cm³/mol. The molecule has 1 aliphatic rings. The summed E-state index contributed by atoms with van der Waals surface area (Å²) in [7, 11) is 0. The van der Waals surface area contributed by atoms with Gasteiger partial charge in [0.15, 0.2) is 0 Å². The van der Waals surface area contributed by atoms with Crippen LogP contribution in [0.3, 0.4) is 0 Å². The summed E-state index contributed by atoms with van der Waals surface area (Å²) in [5.41, 5.74) is 0.774. The van der Waals surface area contributed by atoms with E-state index in [1.54, 1.807) is 24.4 Å². The van der Waals surface area contributed by atoms with Crippen LogP contribution in [0.25, 0.3) is 0 Å². The minimum atomic E-state index is -0.348. The highest BCUT2D eigenvalue weighted by Gasteiger charge is 2.24. The first-order chi connectivity index (χ1) is 11.1. The number of anilines is 2. The van der Waals surface area contributed by atoms with Crippen molar-refractivity contribution < 1.29 is 4.92 Å². The predicted octanol–water partition coefficient (Wildman–Crippen LogP) is 3.62. The maximum atomic E-state index is 11.2. The number of piperazine rings is 1. The molecule has 3 rings (SSSR count).